The molecule has 43 heavy (non-hydrogen) atoms. The highest BCUT2D eigenvalue weighted by Gasteiger charge is 2.63. The Morgan fingerprint density at radius 1 is 0.791 bits per heavy atom. The van der Waals surface area contributed by atoms with Crippen molar-refractivity contribution in [3.8, 4) is 5.75 Å². The molecule has 0 aromatic heterocycles. The van der Waals surface area contributed by atoms with Crippen molar-refractivity contribution in [1.29, 1.82) is 0 Å². The van der Waals surface area contributed by atoms with Crippen LogP contribution in [-0.4, -0.2) is 47.5 Å². The highest BCUT2D eigenvalue weighted by molar-refractivity contribution is 9.10. The van der Waals surface area contributed by atoms with E-state index in [0.29, 0.717) is 32.6 Å². The monoisotopic (exact) mass is 632 g/mol. The third-order valence-electron chi connectivity index (χ3n) is 8.54. The normalized spacial score (nSPS) is 22.4. The Morgan fingerprint density at radius 3 is 2.26 bits per heavy atom. The fourth-order valence-corrected chi connectivity index (χ4v) is 7.06. The van der Waals surface area contributed by atoms with Gasteiger partial charge in [-0.15, -0.1) is 0 Å². The van der Waals surface area contributed by atoms with Crippen molar-refractivity contribution in [2.45, 2.75) is 12.1 Å². The van der Waals surface area contributed by atoms with E-state index in [9.17, 15) is 19.2 Å². The summed E-state index contributed by atoms with van der Waals surface area (Å²) in [5, 5.41) is 1.88. The molecule has 0 spiro atoms. The molecule has 0 N–H and O–H groups in total. The lowest BCUT2D eigenvalue weighted by atomic mass is 9.85. The van der Waals surface area contributed by atoms with Gasteiger partial charge in [0, 0.05) is 22.9 Å². The number of allylic oxidation sites excluding steroid dienone is 2. The Kier molecular flexibility index (Phi) is 6.58. The van der Waals surface area contributed by atoms with Crippen LogP contribution in [0.5, 0.6) is 5.75 Å². The van der Waals surface area contributed by atoms with Crippen molar-refractivity contribution in [1.82, 2.24) is 4.90 Å². The molecule has 0 unspecified atom stereocenters. The maximum atomic E-state index is 14.2. The lowest BCUT2D eigenvalue weighted by Crippen LogP contribution is -2.46. The standard InChI is InChI=1S/C35H25BrN2O5/c1-43-28-14-12-23(18-26(28)36)33(40)31-30-29(27-19-24(15-16-37(27)31)32(39)21-8-3-2-4-9-21)34(41)38(35(30)42)25-13-11-20-7-5-6-10-22(20)17-25/h2-19,27,29-31H,1H3/t27-,29-,30-,31+/m1/s1. The number of amides is 2. The molecule has 0 radical (unpaired) electrons. The second kappa shape index (κ2) is 10.5. The van der Waals surface area contributed by atoms with Crippen LogP contribution in [0.25, 0.3) is 10.8 Å². The van der Waals surface area contributed by atoms with E-state index >= 15 is 0 Å². The number of methoxy groups -OCH3 is 1. The van der Waals surface area contributed by atoms with Gasteiger partial charge in [-0.25, -0.2) is 4.90 Å². The van der Waals surface area contributed by atoms with E-state index in [4.69, 9.17) is 4.74 Å². The summed E-state index contributed by atoms with van der Waals surface area (Å²) in [7, 11) is 1.54. The number of nitrogens with zero attached hydrogens (tertiary/aromatic N) is 2. The molecule has 3 aliphatic heterocycles. The van der Waals surface area contributed by atoms with Crippen molar-refractivity contribution in [2.24, 2.45) is 11.8 Å². The average Bonchev–Trinajstić information content (AvgIpc) is 3.51. The lowest BCUT2D eigenvalue weighted by molar-refractivity contribution is -0.123. The second-order valence-electron chi connectivity index (χ2n) is 10.8. The smallest absolute Gasteiger partial charge is 0.240 e. The molecule has 7 rings (SSSR count). The Labute approximate surface area is 256 Å². The zero-order valence-electron chi connectivity index (χ0n) is 23.0. The zero-order chi connectivity index (χ0) is 29.8. The van der Waals surface area contributed by atoms with Gasteiger partial charge in [0.05, 0.1) is 35.1 Å². The topological polar surface area (TPSA) is 84.0 Å². The molecule has 0 bridgehead atoms. The van der Waals surface area contributed by atoms with Crippen molar-refractivity contribution >= 4 is 55.8 Å². The molecule has 3 aliphatic rings. The molecular weight excluding hydrogens is 608 g/mol. The van der Waals surface area contributed by atoms with Gasteiger partial charge < -0.3 is 9.64 Å². The van der Waals surface area contributed by atoms with E-state index in [2.05, 4.69) is 15.9 Å². The number of ether oxygens (including phenoxy) is 1. The summed E-state index contributed by atoms with van der Waals surface area (Å²) in [6.45, 7) is 0. The molecule has 0 aliphatic carbocycles. The first kappa shape index (κ1) is 27.0. The molecule has 3 heterocycles. The van der Waals surface area contributed by atoms with Gasteiger partial charge in [-0.1, -0.05) is 66.7 Å². The summed E-state index contributed by atoms with van der Waals surface area (Å²) in [6, 6.07) is 25.5. The van der Waals surface area contributed by atoms with E-state index in [0.717, 1.165) is 10.8 Å². The summed E-state index contributed by atoms with van der Waals surface area (Å²) in [4.78, 5) is 59.0. The maximum Gasteiger partial charge on any atom is 0.240 e. The summed E-state index contributed by atoms with van der Waals surface area (Å²) in [5.74, 6) is -2.52. The van der Waals surface area contributed by atoms with E-state index in [1.54, 1.807) is 71.8 Å². The number of carbonyl (C=O) groups excluding carboxylic acids is 4. The van der Waals surface area contributed by atoms with Crippen molar-refractivity contribution < 1.29 is 23.9 Å². The number of fused-ring (bicyclic) bond motifs is 4. The Morgan fingerprint density at radius 2 is 1.51 bits per heavy atom. The fourth-order valence-electron chi connectivity index (χ4n) is 6.51. The Hall–Kier alpha value is -4.82. The first-order valence-corrected chi connectivity index (χ1v) is 14.7. The summed E-state index contributed by atoms with van der Waals surface area (Å²) < 4.78 is 5.93. The molecule has 2 fully saturated rings. The fraction of sp³-hybridized carbons (Fsp3) is 0.143. The van der Waals surface area contributed by atoms with Gasteiger partial charge in [-0.3, -0.25) is 19.2 Å². The third-order valence-corrected chi connectivity index (χ3v) is 9.16. The number of hydrogen-bond acceptors (Lipinski definition) is 6. The summed E-state index contributed by atoms with van der Waals surface area (Å²) in [6.07, 6.45) is 5.08. The van der Waals surface area contributed by atoms with E-state index in [1.165, 1.54) is 12.0 Å². The van der Waals surface area contributed by atoms with E-state index in [-0.39, 0.29) is 17.5 Å². The Balaban J connectivity index is 1.32. The van der Waals surface area contributed by atoms with Crippen LogP contribution < -0.4 is 9.64 Å². The molecule has 7 nitrogen and oxygen atoms in total. The van der Waals surface area contributed by atoms with Gasteiger partial charge in [0.2, 0.25) is 11.8 Å². The van der Waals surface area contributed by atoms with Gasteiger partial charge in [-0.05, 0) is 63.1 Å². The molecule has 212 valence electrons. The van der Waals surface area contributed by atoms with Gasteiger partial charge in [0.25, 0.3) is 0 Å². The van der Waals surface area contributed by atoms with Crippen LogP contribution in [0.3, 0.4) is 0 Å². The van der Waals surface area contributed by atoms with Gasteiger partial charge in [0.1, 0.15) is 11.8 Å². The third kappa shape index (κ3) is 4.32. The van der Waals surface area contributed by atoms with Crippen LogP contribution in [0, 0.1) is 11.8 Å². The Bertz CT molecular complexity index is 1900. The molecule has 2 amide bonds. The number of benzene rings is 4. The van der Waals surface area contributed by atoms with Crippen LogP contribution >= 0.6 is 15.9 Å². The largest absolute Gasteiger partial charge is 0.496 e. The number of imide groups is 1. The van der Waals surface area contributed by atoms with Crippen molar-refractivity contribution in [2.75, 3.05) is 12.0 Å². The number of halogens is 1. The average molecular weight is 633 g/mol. The summed E-state index contributed by atoms with van der Waals surface area (Å²) >= 11 is 3.46. The zero-order valence-corrected chi connectivity index (χ0v) is 24.6. The SMILES string of the molecule is COc1ccc(C(=O)[C@@H]2[C@@H]3C(=O)N(c4ccc5ccccc5c4)C(=O)[C@@H]3[C@H]3C=C(C(=O)c4ccccc4)C=CN32)cc1Br. The molecule has 8 heteroatoms. The number of ketones is 2. The molecule has 4 aromatic rings. The van der Waals surface area contributed by atoms with Gasteiger partial charge in [0.15, 0.2) is 11.6 Å². The minimum Gasteiger partial charge on any atom is -0.496 e. The number of rotatable bonds is 6. The second-order valence-corrected chi connectivity index (χ2v) is 11.7. The number of hydrogen-bond donors (Lipinski definition) is 0. The molecule has 0 saturated carbocycles. The van der Waals surface area contributed by atoms with Crippen LogP contribution in [0.1, 0.15) is 20.7 Å². The minimum atomic E-state index is -0.946. The van der Waals surface area contributed by atoms with E-state index < -0.39 is 29.8 Å². The predicted octanol–water partition coefficient (Wildman–Crippen LogP) is 5.99. The van der Waals surface area contributed by atoms with Crippen molar-refractivity contribution in [3.63, 3.8) is 0 Å². The molecule has 4 atom stereocenters. The highest BCUT2D eigenvalue weighted by Crippen LogP contribution is 2.47. The van der Waals surface area contributed by atoms with Gasteiger partial charge >= 0.3 is 0 Å². The van der Waals surface area contributed by atoms with Crippen LogP contribution in [0.2, 0.25) is 0 Å². The first-order valence-electron chi connectivity index (χ1n) is 13.9. The first-order chi connectivity index (χ1) is 20.9. The van der Waals surface area contributed by atoms with Crippen LogP contribution in [-0.2, 0) is 9.59 Å². The number of anilines is 1. The predicted molar refractivity (Wildman–Crippen MR) is 166 cm³/mol. The minimum absolute atomic E-state index is 0.190. The lowest BCUT2D eigenvalue weighted by Gasteiger charge is -2.33. The number of Topliss-reactive ketones (excluding diaryl/α,β-unsaturated/α-hetero) is 2. The van der Waals surface area contributed by atoms with E-state index in [1.807, 2.05) is 42.5 Å². The van der Waals surface area contributed by atoms with Gasteiger partial charge in [-0.2, -0.15) is 0 Å². The van der Waals surface area contributed by atoms with Crippen molar-refractivity contribution in [3.05, 3.63) is 131 Å². The number of carbonyl (C=O) groups is 4. The maximum absolute atomic E-state index is 14.2. The molecule has 4 aromatic carbocycles. The van der Waals surface area contributed by atoms with Crippen LogP contribution in [0.4, 0.5) is 5.69 Å². The summed E-state index contributed by atoms with van der Waals surface area (Å²) in [5.41, 5.74) is 1.77. The quantitative estimate of drug-likeness (QED) is 0.192. The molecule has 2 saturated heterocycles. The molecular formula is C35H25BrN2O5. The van der Waals surface area contributed by atoms with Crippen LogP contribution in [0.15, 0.2) is 119 Å². The highest BCUT2D eigenvalue weighted by atomic mass is 79.9.